The largest absolute Gasteiger partial charge is 0.483 e. The number of para-hydroxylation sites is 1. The van der Waals surface area contributed by atoms with Crippen LogP contribution in [0.1, 0.15) is 30.7 Å². The molecular weight excluding hydrogens is 304 g/mol. The van der Waals surface area contributed by atoms with Crippen molar-refractivity contribution in [1.82, 2.24) is 10.2 Å². The molecule has 2 heterocycles. The molecule has 0 radical (unpaired) electrons. The third-order valence-corrected chi connectivity index (χ3v) is 4.01. The molecule has 4 rings (SSSR count). The van der Waals surface area contributed by atoms with Crippen molar-refractivity contribution in [3.05, 3.63) is 66.4 Å². The molecule has 0 spiro atoms. The van der Waals surface area contributed by atoms with Crippen LogP contribution in [0, 0.1) is 0 Å². The summed E-state index contributed by atoms with van der Waals surface area (Å²) < 4.78 is 17.1. The minimum Gasteiger partial charge on any atom is -0.483 e. The molecule has 122 valence electrons. The molecule has 1 saturated heterocycles. The number of hydrogen-bond acceptors (Lipinski definition) is 5. The van der Waals surface area contributed by atoms with Crippen LogP contribution in [0.5, 0.6) is 5.75 Å². The standard InChI is InChI=1S/C19H18N2O3/c1-2-7-14(8-3-1)15-9-4-5-10-16(15)23-13-18-20-21-19(24-18)17-11-6-12-22-17/h1-5,7-10,17H,6,11-13H2/t17-/m1/s1. The monoisotopic (exact) mass is 322 g/mol. The zero-order valence-corrected chi connectivity index (χ0v) is 13.2. The maximum atomic E-state index is 5.92. The number of aromatic nitrogens is 2. The average molecular weight is 322 g/mol. The molecule has 0 N–H and O–H groups in total. The molecule has 24 heavy (non-hydrogen) atoms. The summed E-state index contributed by atoms with van der Waals surface area (Å²) in [6.45, 7) is 0.993. The second-order valence-corrected chi connectivity index (χ2v) is 5.69. The van der Waals surface area contributed by atoms with Crippen molar-refractivity contribution < 1.29 is 13.9 Å². The van der Waals surface area contributed by atoms with Gasteiger partial charge in [-0.25, -0.2) is 0 Å². The smallest absolute Gasteiger partial charge is 0.254 e. The molecule has 0 aliphatic carbocycles. The predicted molar refractivity (Wildman–Crippen MR) is 88.4 cm³/mol. The predicted octanol–water partition coefficient (Wildman–Crippen LogP) is 4.17. The lowest BCUT2D eigenvalue weighted by Crippen LogP contribution is -1.97. The Morgan fingerprint density at radius 1 is 1.00 bits per heavy atom. The third-order valence-electron chi connectivity index (χ3n) is 4.01. The molecule has 1 aromatic heterocycles. The van der Waals surface area contributed by atoms with E-state index in [4.69, 9.17) is 13.9 Å². The van der Waals surface area contributed by atoms with Crippen molar-refractivity contribution >= 4 is 0 Å². The van der Waals surface area contributed by atoms with E-state index in [0.717, 1.165) is 36.3 Å². The molecule has 2 aromatic carbocycles. The highest BCUT2D eigenvalue weighted by Gasteiger charge is 2.23. The molecule has 0 amide bonds. The fourth-order valence-electron chi connectivity index (χ4n) is 2.82. The Hall–Kier alpha value is -2.66. The fourth-order valence-corrected chi connectivity index (χ4v) is 2.82. The van der Waals surface area contributed by atoms with E-state index in [-0.39, 0.29) is 12.7 Å². The van der Waals surface area contributed by atoms with E-state index in [0.29, 0.717) is 11.8 Å². The quantitative estimate of drug-likeness (QED) is 0.705. The van der Waals surface area contributed by atoms with Gasteiger partial charge < -0.3 is 13.9 Å². The van der Waals surface area contributed by atoms with E-state index < -0.39 is 0 Å². The zero-order chi connectivity index (χ0) is 16.2. The molecule has 0 bridgehead atoms. The van der Waals surface area contributed by atoms with Crippen LogP contribution in [-0.2, 0) is 11.3 Å². The van der Waals surface area contributed by atoms with Gasteiger partial charge in [0.2, 0.25) is 5.89 Å². The van der Waals surface area contributed by atoms with E-state index in [9.17, 15) is 0 Å². The van der Waals surface area contributed by atoms with Gasteiger partial charge in [0, 0.05) is 12.2 Å². The van der Waals surface area contributed by atoms with E-state index in [1.54, 1.807) is 0 Å². The van der Waals surface area contributed by atoms with E-state index in [1.807, 2.05) is 42.5 Å². The zero-order valence-electron chi connectivity index (χ0n) is 13.2. The SMILES string of the molecule is c1ccc(-c2ccccc2OCc2nnc([C@H]3CCCO3)o2)cc1. The van der Waals surface area contributed by atoms with Gasteiger partial charge in [-0.05, 0) is 24.5 Å². The van der Waals surface area contributed by atoms with Gasteiger partial charge in [-0.2, -0.15) is 0 Å². The summed E-state index contributed by atoms with van der Waals surface area (Å²) in [5.41, 5.74) is 2.15. The van der Waals surface area contributed by atoms with Crippen LogP contribution in [-0.4, -0.2) is 16.8 Å². The maximum Gasteiger partial charge on any atom is 0.254 e. The lowest BCUT2D eigenvalue weighted by atomic mass is 10.1. The van der Waals surface area contributed by atoms with Crippen LogP contribution >= 0.6 is 0 Å². The van der Waals surface area contributed by atoms with Gasteiger partial charge in [0.05, 0.1) is 0 Å². The number of rotatable bonds is 5. The topological polar surface area (TPSA) is 57.4 Å². The van der Waals surface area contributed by atoms with Crippen LogP contribution in [0.2, 0.25) is 0 Å². The summed E-state index contributed by atoms with van der Waals surface area (Å²) in [5.74, 6) is 1.80. The lowest BCUT2D eigenvalue weighted by molar-refractivity contribution is 0.0867. The van der Waals surface area contributed by atoms with Crippen molar-refractivity contribution in [3.8, 4) is 16.9 Å². The van der Waals surface area contributed by atoms with E-state index >= 15 is 0 Å². The van der Waals surface area contributed by atoms with Gasteiger partial charge in [-0.1, -0.05) is 48.5 Å². The number of hydrogen-bond donors (Lipinski definition) is 0. The van der Waals surface area contributed by atoms with Gasteiger partial charge >= 0.3 is 0 Å². The van der Waals surface area contributed by atoms with Crippen molar-refractivity contribution in [2.75, 3.05) is 6.61 Å². The summed E-state index contributed by atoms with van der Waals surface area (Å²) in [5, 5.41) is 8.13. The first-order valence-electron chi connectivity index (χ1n) is 8.11. The minimum atomic E-state index is -0.0668. The molecule has 1 atom stereocenters. The first-order chi connectivity index (χ1) is 11.9. The summed E-state index contributed by atoms with van der Waals surface area (Å²) in [6.07, 6.45) is 1.89. The van der Waals surface area contributed by atoms with Crippen molar-refractivity contribution in [3.63, 3.8) is 0 Å². The average Bonchev–Trinajstić information content (AvgIpc) is 3.32. The molecule has 5 nitrogen and oxygen atoms in total. The van der Waals surface area contributed by atoms with Crippen LogP contribution in [0.3, 0.4) is 0 Å². The summed E-state index contributed by atoms with van der Waals surface area (Å²) >= 11 is 0. The molecule has 1 fully saturated rings. The first kappa shape index (κ1) is 14.9. The van der Waals surface area contributed by atoms with Crippen LogP contribution in [0.15, 0.2) is 59.0 Å². The van der Waals surface area contributed by atoms with Crippen molar-refractivity contribution in [2.45, 2.75) is 25.6 Å². The highest BCUT2D eigenvalue weighted by Crippen LogP contribution is 2.31. The van der Waals surface area contributed by atoms with Gasteiger partial charge in [0.1, 0.15) is 11.9 Å². The molecule has 3 aromatic rings. The molecule has 0 unspecified atom stereocenters. The number of nitrogens with zero attached hydrogens (tertiary/aromatic N) is 2. The molecule has 1 aliphatic heterocycles. The Labute approximate surface area is 140 Å². The molecule has 0 saturated carbocycles. The maximum absolute atomic E-state index is 5.92. The summed E-state index contributed by atoms with van der Waals surface area (Å²) in [6, 6.07) is 18.1. The Kier molecular flexibility index (Phi) is 4.25. The van der Waals surface area contributed by atoms with Crippen molar-refractivity contribution in [1.29, 1.82) is 0 Å². The van der Waals surface area contributed by atoms with Gasteiger partial charge in [0.25, 0.3) is 5.89 Å². The van der Waals surface area contributed by atoms with E-state index in [2.05, 4.69) is 22.3 Å². The third kappa shape index (κ3) is 3.16. The highest BCUT2D eigenvalue weighted by molar-refractivity contribution is 5.70. The van der Waals surface area contributed by atoms with Crippen LogP contribution < -0.4 is 4.74 Å². The molecule has 5 heteroatoms. The summed E-state index contributed by atoms with van der Waals surface area (Å²) in [4.78, 5) is 0. The normalized spacial score (nSPS) is 17.1. The minimum absolute atomic E-state index is 0.0668. The van der Waals surface area contributed by atoms with Crippen LogP contribution in [0.25, 0.3) is 11.1 Å². The van der Waals surface area contributed by atoms with Gasteiger partial charge in [-0.15, -0.1) is 10.2 Å². The highest BCUT2D eigenvalue weighted by atomic mass is 16.5. The second-order valence-electron chi connectivity index (χ2n) is 5.69. The molecule has 1 aliphatic rings. The summed E-state index contributed by atoms with van der Waals surface area (Å²) in [7, 11) is 0. The number of ether oxygens (including phenoxy) is 2. The Balaban J connectivity index is 1.48. The first-order valence-corrected chi connectivity index (χ1v) is 8.11. The lowest BCUT2D eigenvalue weighted by Gasteiger charge is -2.10. The Morgan fingerprint density at radius 3 is 2.67 bits per heavy atom. The Bertz CT molecular complexity index is 795. The fraction of sp³-hybridized carbons (Fsp3) is 0.263. The number of benzene rings is 2. The molecular formula is C19H18N2O3. The second kappa shape index (κ2) is 6.84. The van der Waals surface area contributed by atoms with Gasteiger partial charge in [-0.3, -0.25) is 0 Å². The van der Waals surface area contributed by atoms with Crippen molar-refractivity contribution in [2.24, 2.45) is 0 Å². The van der Waals surface area contributed by atoms with E-state index in [1.165, 1.54) is 0 Å². The van der Waals surface area contributed by atoms with Gasteiger partial charge in [0.15, 0.2) is 6.61 Å². The van der Waals surface area contributed by atoms with Crippen LogP contribution in [0.4, 0.5) is 0 Å². The Morgan fingerprint density at radius 2 is 1.83 bits per heavy atom.